The molecule has 10 heteroatoms. The maximum absolute atomic E-state index is 11.7. The van der Waals surface area contributed by atoms with Crippen LogP contribution in [0.4, 0.5) is 5.13 Å². The van der Waals surface area contributed by atoms with Crippen molar-refractivity contribution in [1.29, 1.82) is 0 Å². The molecule has 132 valence electrons. The van der Waals surface area contributed by atoms with E-state index in [4.69, 9.17) is 10.5 Å². The Morgan fingerprint density at radius 2 is 2.28 bits per heavy atom. The number of benzene rings is 1. The van der Waals surface area contributed by atoms with E-state index in [2.05, 4.69) is 36.2 Å². The van der Waals surface area contributed by atoms with Crippen LogP contribution in [0.5, 0.6) is 5.75 Å². The highest BCUT2D eigenvalue weighted by molar-refractivity contribution is 9.10. The Morgan fingerprint density at radius 3 is 2.92 bits per heavy atom. The highest BCUT2D eigenvalue weighted by Gasteiger charge is 2.07. The van der Waals surface area contributed by atoms with E-state index in [9.17, 15) is 9.59 Å². The minimum atomic E-state index is -0.470. The molecule has 1 heterocycles. The highest BCUT2D eigenvalue weighted by Crippen LogP contribution is 2.25. The summed E-state index contributed by atoms with van der Waals surface area (Å²) >= 11 is 4.62. The maximum Gasteiger partial charge on any atom is 0.343 e. The fraction of sp³-hybridized carbons (Fsp3) is 0.200. The lowest BCUT2D eigenvalue weighted by Crippen LogP contribution is -2.19. The molecule has 1 amide bonds. The first kappa shape index (κ1) is 18.9. The molecule has 0 saturated carbocycles. The van der Waals surface area contributed by atoms with E-state index in [1.165, 1.54) is 24.7 Å². The minimum absolute atomic E-state index is 0.106. The van der Waals surface area contributed by atoms with Gasteiger partial charge in [0, 0.05) is 5.38 Å². The number of hydrogen-bond donors (Lipinski definition) is 2. The minimum Gasteiger partial charge on any atom is -0.481 e. The zero-order chi connectivity index (χ0) is 18.2. The lowest BCUT2D eigenvalue weighted by molar-refractivity contribution is -0.142. The first-order valence-electron chi connectivity index (χ1n) is 6.99. The first-order valence-corrected chi connectivity index (χ1v) is 8.66. The second-order valence-electron chi connectivity index (χ2n) is 4.70. The molecule has 2 rings (SSSR count). The predicted molar refractivity (Wildman–Crippen MR) is 97.6 cm³/mol. The Morgan fingerprint density at radius 1 is 1.48 bits per heavy atom. The van der Waals surface area contributed by atoms with Gasteiger partial charge in [0.15, 0.2) is 11.7 Å². The smallest absolute Gasteiger partial charge is 0.343 e. The van der Waals surface area contributed by atoms with Gasteiger partial charge in [-0.2, -0.15) is 5.10 Å². The third-order valence-corrected chi connectivity index (χ3v) is 4.19. The summed E-state index contributed by atoms with van der Waals surface area (Å²) in [5.74, 6) is -0.270. The van der Waals surface area contributed by atoms with E-state index < -0.39 is 5.97 Å². The molecule has 0 atom stereocenters. The number of nitrogens with zero attached hydrogens (tertiary/aromatic N) is 2. The number of hydrazone groups is 1. The van der Waals surface area contributed by atoms with Crippen LogP contribution in [0.3, 0.4) is 0 Å². The summed E-state index contributed by atoms with van der Waals surface area (Å²) in [5, 5.41) is 6.03. The molecule has 0 unspecified atom stereocenters. The Bertz CT molecular complexity index is 794. The third-order valence-electron chi connectivity index (χ3n) is 2.84. The highest BCUT2D eigenvalue weighted by atomic mass is 79.9. The molecule has 0 saturated heterocycles. The largest absolute Gasteiger partial charge is 0.481 e. The Hall–Kier alpha value is -2.46. The number of thiazole rings is 1. The molecular formula is C15H15BrN4O4S. The lowest BCUT2D eigenvalue weighted by atomic mass is 10.2. The second kappa shape index (κ2) is 9.14. The topological polar surface area (TPSA) is 116 Å². The van der Waals surface area contributed by atoms with Crippen LogP contribution in [0, 0.1) is 0 Å². The summed E-state index contributed by atoms with van der Waals surface area (Å²) < 4.78 is 10.5. The number of methoxy groups -OCH3 is 1. The van der Waals surface area contributed by atoms with Gasteiger partial charge in [0.1, 0.15) is 5.75 Å². The van der Waals surface area contributed by atoms with Gasteiger partial charge in [-0.05, 0) is 39.7 Å². The zero-order valence-electron chi connectivity index (χ0n) is 13.2. The fourth-order valence-corrected chi connectivity index (χ4v) is 2.77. The molecule has 1 aromatic carbocycles. The zero-order valence-corrected chi connectivity index (χ0v) is 15.6. The van der Waals surface area contributed by atoms with Crippen molar-refractivity contribution in [1.82, 2.24) is 10.4 Å². The second-order valence-corrected chi connectivity index (χ2v) is 6.45. The molecule has 25 heavy (non-hydrogen) atoms. The first-order chi connectivity index (χ1) is 12.0. The number of ether oxygens (including phenoxy) is 2. The van der Waals surface area contributed by atoms with Gasteiger partial charge in [-0.25, -0.2) is 15.2 Å². The number of halogens is 1. The monoisotopic (exact) mass is 426 g/mol. The molecule has 0 fully saturated rings. The van der Waals surface area contributed by atoms with Gasteiger partial charge in [-0.15, -0.1) is 11.3 Å². The quantitative estimate of drug-likeness (QED) is 0.395. The van der Waals surface area contributed by atoms with Crippen molar-refractivity contribution in [2.24, 2.45) is 5.10 Å². The number of anilines is 1. The number of rotatable bonds is 7. The van der Waals surface area contributed by atoms with Gasteiger partial charge in [0.25, 0.3) is 0 Å². The molecule has 0 aliphatic rings. The standard InChI is InChI=1S/C15H15BrN4O4S/c1-23-14(22)7-24-12-3-2-9(4-11(12)16)6-18-20-13(21)5-10-8-25-15(17)19-10/h2-4,6,8H,5,7H2,1H3,(H2,17,19)(H,20,21)/b18-6+. The third kappa shape index (κ3) is 6.16. The molecule has 0 radical (unpaired) electrons. The van der Waals surface area contributed by atoms with E-state index in [0.717, 1.165) is 5.56 Å². The number of esters is 1. The molecular weight excluding hydrogens is 412 g/mol. The molecule has 1 aromatic heterocycles. The molecule has 0 bridgehead atoms. The van der Waals surface area contributed by atoms with Crippen LogP contribution >= 0.6 is 27.3 Å². The lowest BCUT2D eigenvalue weighted by Gasteiger charge is -2.07. The van der Waals surface area contributed by atoms with E-state index >= 15 is 0 Å². The molecule has 3 N–H and O–H groups in total. The molecule has 8 nitrogen and oxygen atoms in total. The number of carbonyl (C=O) groups is 2. The average Bonchev–Trinajstić information content (AvgIpc) is 2.98. The predicted octanol–water partition coefficient (Wildman–Crippen LogP) is 1.73. The van der Waals surface area contributed by atoms with Crippen molar-refractivity contribution in [3.8, 4) is 5.75 Å². The van der Waals surface area contributed by atoms with Gasteiger partial charge in [-0.1, -0.05) is 0 Å². The van der Waals surface area contributed by atoms with Crippen LogP contribution in [0.15, 0.2) is 33.2 Å². The molecule has 2 aromatic rings. The van der Waals surface area contributed by atoms with Crippen molar-refractivity contribution in [2.45, 2.75) is 6.42 Å². The van der Waals surface area contributed by atoms with Crippen LogP contribution in [0.1, 0.15) is 11.3 Å². The maximum atomic E-state index is 11.7. The number of nitrogens with one attached hydrogen (secondary N) is 1. The van der Waals surface area contributed by atoms with Gasteiger partial charge in [0.2, 0.25) is 5.91 Å². The summed E-state index contributed by atoms with van der Waals surface area (Å²) in [6.07, 6.45) is 1.59. The number of nitrogens with two attached hydrogens (primary N) is 1. The summed E-state index contributed by atoms with van der Waals surface area (Å²) in [6.45, 7) is -0.181. The van der Waals surface area contributed by atoms with Crippen molar-refractivity contribution in [3.05, 3.63) is 39.3 Å². The van der Waals surface area contributed by atoms with Crippen molar-refractivity contribution in [3.63, 3.8) is 0 Å². The van der Waals surface area contributed by atoms with E-state index in [-0.39, 0.29) is 18.9 Å². The van der Waals surface area contributed by atoms with Crippen molar-refractivity contribution >= 4 is 50.5 Å². The van der Waals surface area contributed by atoms with E-state index in [0.29, 0.717) is 21.0 Å². The average molecular weight is 427 g/mol. The van der Waals surface area contributed by atoms with Crippen LogP contribution in [-0.4, -0.2) is 36.8 Å². The fourth-order valence-electron chi connectivity index (χ4n) is 1.70. The van der Waals surface area contributed by atoms with Crippen LogP contribution in [0.2, 0.25) is 0 Å². The van der Waals surface area contributed by atoms with Crippen LogP contribution in [0.25, 0.3) is 0 Å². The number of carbonyl (C=O) groups excluding carboxylic acids is 2. The van der Waals surface area contributed by atoms with Gasteiger partial charge in [0.05, 0.1) is 29.9 Å². The number of nitrogen functional groups attached to an aromatic ring is 1. The van der Waals surface area contributed by atoms with Crippen molar-refractivity contribution in [2.75, 3.05) is 19.5 Å². The van der Waals surface area contributed by atoms with Crippen LogP contribution in [-0.2, 0) is 20.7 Å². The Labute approximate surface area is 156 Å². The molecule has 0 spiro atoms. The number of amides is 1. The molecule has 0 aliphatic heterocycles. The van der Waals surface area contributed by atoms with E-state index in [1.807, 2.05) is 0 Å². The summed E-state index contributed by atoms with van der Waals surface area (Å²) in [4.78, 5) is 26.8. The van der Waals surface area contributed by atoms with Crippen molar-refractivity contribution < 1.29 is 19.1 Å². The van der Waals surface area contributed by atoms with Crippen LogP contribution < -0.4 is 15.9 Å². The van der Waals surface area contributed by atoms with E-state index in [1.54, 1.807) is 23.6 Å². The van der Waals surface area contributed by atoms with Gasteiger partial charge < -0.3 is 15.2 Å². The Kier molecular flexibility index (Phi) is 6.90. The summed E-state index contributed by atoms with van der Waals surface area (Å²) in [5.41, 5.74) is 9.26. The molecule has 0 aliphatic carbocycles. The number of hydrogen-bond acceptors (Lipinski definition) is 8. The summed E-state index contributed by atoms with van der Waals surface area (Å²) in [6, 6.07) is 5.14. The van der Waals surface area contributed by atoms with Gasteiger partial charge in [-0.3, -0.25) is 4.79 Å². The summed E-state index contributed by atoms with van der Waals surface area (Å²) in [7, 11) is 1.29. The normalized spacial score (nSPS) is 10.6. The number of aromatic nitrogens is 1. The van der Waals surface area contributed by atoms with Gasteiger partial charge >= 0.3 is 5.97 Å². The SMILES string of the molecule is COC(=O)COc1ccc(/C=N/NC(=O)Cc2csc(N)n2)cc1Br. The Balaban J connectivity index is 1.87.